The minimum Gasteiger partial charge on any atom is -0.473 e. The average Bonchev–Trinajstić information content (AvgIpc) is 2.50. The third-order valence-corrected chi connectivity index (χ3v) is 2.55. The Bertz CT molecular complexity index is 247. The predicted octanol–water partition coefficient (Wildman–Crippen LogP) is 1.81. The molecular weight excluding hydrogens is 172 g/mol. The highest BCUT2D eigenvalue weighted by Gasteiger charge is 2.13. The van der Waals surface area contributed by atoms with Crippen LogP contribution in [0.3, 0.4) is 0 Å². The van der Waals surface area contributed by atoms with Gasteiger partial charge in [0.1, 0.15) is 0 Å². The number of ether oxygens (including phenoxy) is 1. The van der Waals surface area contributed by atoms with Crippen molar-refractivity contribution in [1.82, 2.24) is 4.98 Å². The van der Waals surface area contributed by atoms with Gasteiger partial charge in [0.25, 0.3) is 5.19 Å². The first-order chi connectivity index (χ1) is 5.65. The fourth-order valence-electron chi connectivity index (χ4n) is 0.857. The zero-order valence-electron chi connectivity index (χ0n) is 7.57. The Hall–Kier alpha value is -0.610. The summed E-state index contributed by atoms with van der Waals surface area (Å²) < 4.78 is 4.98. The second kappa shape index (κ2) is 3.87. The summed E-state index contributed by atoms with van der Waals surface area (Å²) >= 11 is 1.48. The largest absolute Gasteiger partial charge is 0.473 e. The number of methoxy groups -OCH3 is 1. The number of hydrogen-bond donors (Lipinski definition) is 1. The highest BCUT2D eigenvalue weighted by molar-refractivity contribution is 7.11. The average molecular weight is 186 g/mol. The third-order valence-electron chi connectivity index (χ3n) is 1.74. The van der Waals surface area contributed by atoms with Gasteiger partial charge >= 0.3 is 0 Å². The highest BCUT2D eigenvalue weighted by atomic mass is 32.1. The summed E-state index contributed by atoms with van der Waals surface area (Å²) in [5.74, 6) is 0.414. The summed E-state index contributed by atoms with van der Waals surface area (Å²) in [6.07, 6.45) is 0. The molecule has 0 aliphatic rings. The van der Waals surface area contributed by atoms with E-state index in [1.54, 1.807) is 7.11 Å². The van der Waals surface area contributed by atoms with Crippen molar-refractivity contribution in [2.75, 3.05) is 7.11 Å². The molecule has 1 unspecified atom stereocenters. The normalized spacial score (nSPS) is 13.4. The third kappa shape index (κ3) is 1.95. The lowest BCUT2D eigenvalue weighted by Gasteiger charge is -2.11. The van der Waals surface area contributed by atoms with Crippen LogP contribution < -0.4 is 10.5 Å². The first-order valence-corrected chi connectivity index (χ1v) is 4.78. The Morgan fingerprint density at radius 2 is 2.25 bits per heavy atom. The second-order valence-electron chi connectivity index (χ2n) is 3.01. The molecule has 12 heavy (non-hydrogen) atoms. The summed E-state index contributed by atoms with van der Waals surface area (Å²) in [5.41, 5.74) is 6.82. The van der Waals surface area contributed by atoms with Crippen molar-refractivity contribution in [2.45, 2.75) is 19.9 Å². The molecule has 0 fully saturated rings. The minimum absolute atomic E-state index is 0.0187. The Balaban J connectivity index is 2.74. The minimum atomic E-state index is 0.0187. The van der Waals surface area contributed by atoms with E-state index >= 15 is 0 Å². The van der Waals surface area contributed by atoms with Crippen molar-refractivity contribution in [1.29, 1.82) is 0 Å². The molecule has 0 amide bonds. The second-order valence-corrected chi connectivity index (χ2v) is 3.83. The van der Waals surface area contributed by atoms with Gasteiger partial charge in [0.05, 0.1) is 18.8 Å². The maximum absolute atomic E-state index is 5.89. The van der Waals surface area contributed by atoms with Crippen LogP contribution in [0, 0.1) is 5.92 Å². The first-order valence-electron chi connectivity index (χ1n) is 3.90. The number of aromatic nitrogens is 1. The predicted molar refractivity (Wildman–Crippen MR) is 50.4 cm³/mol. The van der Waals surface area contributed by atoms with E-state index in [9.17, 15) is 0 Å². The van der Waals surface area contributed by atoms with Gasteiger partial charge in [-0.1, -0.05) is 25.2 Å². The molecule has 0 bridgehead atoms. The Labute approximate surface area is 76.6 Å². The van der Waals surface area contributed by atoms with Gasteiger partial charge in [-0.05, 0) is 5.92 Å². The summed E-state index contributed by atoms with van der Waals surface area (Å²) in [7, 11) is 1.61. The molecule has 0 spiro atoms. The first kappa shape index (κ1) is 9.48. The molecule has 0 saturated heterocycles. The van der Waals surface area contributed by atoms with Gasteiger partial charge in [0.15, 0.2) is 0 Å². The van der Waals surface area contributed by atoms with Crippen LogP contribution in [-0.4, -0.2) is 12.1 Å². The van der Waals surface area contributed by atoms with Crippen LogP contribution in [0.15, 0.2) is 5.38 Å². The topological polar surface area (TPSA) is 48.1 Å². The quantitative estimate of drug-likeness (QED) is 0.783. The monoisotopic (exact) mass is 186 g/mol. The zero-order valence-corrected chi connectivity index (χ0v) is 8.39. The van der Waals surface area contributed by atoms with Gasteiger partial charge in [-0.25, -0.2) is 4.98 Å². The van der Waals surface area contributed by atoms with Crippen LogP contribution in [0.5, 0.6) is 5.19 Å². The van der Waals surface area contributed by atoms with Crippen molar-refractivity contribution in [3.05, 3.63) is 11.1 Å². The number of thiazole rings is 1. The zero-order chi connectivity index (χ0) is 9.14. The smallest absolute Gasteiger partial charge is 0.273 e. The van der Waals surface area contributed by atoms with Gasteiger partial charge in [-0.15, -0.1) is 0 Å². The van der Waals surface area contributed by atoms with Gasteiger partial charge < -0.3 is 10.5 Å². The molecule has 68 valence electrons. The van der Waals surface area contributed by atoms with Crippen LogP contribution in [0.25, 0.3) is 0 Å². The van der Waals surface area contributed by atoms with Gasteiger partial charge in [0.2, 0.25) is 0 Å². The molecule has 1 heterocycles. The number of nitrogens with zero attached hydrogens (tertiary/aromatic N) is 1. The summed E-state index contributed by atoms with van der Waals surface area (Å²) in [6.45, 7) is 4.16. The van der Waals surface area contributed by atoms with E-state index in [2.05, 4.69) is 18.8 Å². The van der Waals surface area contributed by atoms with E-state index in [1.165, 1.54) is 11.3 Å². The van der Waals surface area contributed by atoms with E-state index in [4.69, 9.17) is 10.5 Å². The molecule has 4 heteroatoms. The number of rotatable bonds is 3. The lowest BCUT2D eigenvalue weighted by Crippen LogP contribution is -2.16. The Morgan fingerprint density at radius 3 is 2.67 bits per heavy atom. The SMILES string of the molecule is COc1nc(C(N)C(C)C)cs1. The fraction of sp³-hybridized carbons (Fsp3) is 0.625. The molecule has 2 N–H and O–H groups in total. The van der Waals surface area contributed by atoms with Gasteiger partial charge in [-0.2, -0.15) is 0 Å². The van der Waals surface area contributed by atoms with Crippen LogP contribution in [0.4, 0.5) is 0 Å². The lowest BCUT2D eigenvalue weighted by molar-refractivity contribution is 0.407. The lowest BCUT2D eigenvalue weighted by atomic mass is 10.0. The van der Waals surface area contributed by atoms with Crippen molar-refractivity contribution < 1.29 is 4.74 Å². The van der Waals surface area contributed by atoms with Crippen molar-refractivity contribution in [3.63, 3.8) is 0 Å². The van der Waals surface area contributed by atoms with E-state index in [0.29, 0.717) is 11.1 Å². The Kier molecular flexibility index (Phi) is 3.05. The van der Waals surface area contributed by atoms with E-state index in [1.807, 2.05) is 5.38 Å². The van der Waals surface area contributed by atoms with Crippen molar-refractivity contribution in [2.24, 2.45) is 11.7 Å². The highest BCUT2D eigenvalue weighted by Crippen LogP contribution is 2.24. The maximum Gasteiger partial charge on any atom is 0.273 e. The molecule has 0 aliphatic carbocycles. The molecule has 1 rings (SSSR count). The van der Waals surface area contributed by atoms with E-state index in [-0.39, 0.29) is 6.04 Å². The fourth-order valence-corrected chi connectivity index (χ4v) is 1.54. The van der Waals surface area contributed by atoms with Crippen LogP contribution in [0.2, 0.25) is 0 Å². The summed E-state index contributed by atoms with van der Waals surface area (Å²) in [6, 6.07) is 0.0187. The maximum atomic E-state index is 5.89. The van der Waals surface area contributed by atoms with Gasteiger partial charge in [-0.3, -0.25) is 0 Å². The molecule has 3 nitrogen and oxygen atoms in total. The molecule has 0 aliphatic heterocycles. The van der Waals surface area contributed by atoms with E-state index in [0.717, 1.165) is 5.69 Å². The van der Waals surface area contributed by atoms with Crippen LogP contribution >= 0.6 is 11.3 Å². The molecule has 0 radical (unpaired) electrons. The molecule has 0 aromatic carbocycles. The molecule has 1 atom stereocenters. The summed E-state index contributed by atoms with van der Waals surface area (Å²) in [5, 5.41) is 2.63. The number of hydrogen-bond acceptors (Lipinski definition) is 4. The molecule has 1 aromatic heterocycles. The number of nitrogens with two attached hydrogens (primary N) is 1. The standard InChI is InChI=1S/C8H14N2OS/c1-5(2)7(9)6-4-12-8(10-6)11-3/h4-5,7H,9H2,1-3H3. The van der Waals surface area contributed by atoms with Crippen molar-refractivity contribution >= 4 is 11.3 Å². The molecule has 0 saturated carbocycles. The van der Waals surface area contributed by atoms with Crippen LogP contribution in [0.1, 0.15) is 25.6 Å². The van der Waals surface area contributed by atoms with Crippen LogP contribution in [-0.2, 0) is 0 Å². The van der Waals surface area contributed by atoms with Crippen molar-refractivity contribution in [3.8, 4) is 5.19 Å². The molecular formula is C8H14N2OS. The Morgan fingerprint density at radius 1 is 1.58 bits per heavy atom. The van der Waals surface area contributed by atoms with E-state index < -0.39 is 0 Å². The molecule has 1 aromatic rings. The summed E-state index contributed by atoms with van der Waals surface area (Å²) in [4.78, 5) is 4.22. The van der Waals surface area contributed by atoms with Gasteiger partial charge in [0, 0.05) is 5.38 Å².